The Balaban J connectivity index is 2.13. The standard InChI is InChI=1S/C19H17FN2O5S/c1-27-17-8-5-13(9-16(17)20)15-10-22(11-18(23)24)21-19(15)12-3-6-14(7-4-12)28(2,25)26/h3-10H,11H2,1-2H3,(H,23,24)/p-1. The Morgan fingerprint density at radius 3 is 2.36 bits per heavy atom. The number of carbonyl (C=O) groups is 1. The van der Waals surface area contributed by atoms with E-state index in [0.717, 1.165) is 6.26 Å². The summed E-state index contributed by atoms with van der Waals surface area (Å²) < 4.78 is 43.5. The second-order valence-electron chi connectivity index (χ2n) is 6.11. The van der Waals surface area contributed by atoms with Gasteiger partial charge in [0, 0.05) is 23.6 Å². The summed E-state index contributed by atoms with van der Waals surface area (Å²) in [6, 6.07) is 10.3. The van der Waals surface area contributed by atoms with E-state index < -0.39 is 28.2 Å². The maximum atomic E-state index is 14.1. The number of sulfone groups is 1. The van der Waals surface area contributed by atoms with Crippen LogP contribution in [0.3, 0.4) is 0 Å². The number of ether oxygens (including phenoxy) is 1. The number of hydrogen-bond donors (Lipinski definition) is 0. The van der Waals surface area contributed by atoms with E-state index in [0.29, 0.717) is 22.4 Å². The second kappa shape index (κ2) is 7.43. The van der Waals surface area contributed by atoms with Gasteiger partial charge in [0.25, 0.3) is 0 Å². The molecule has 7 nitrogen and oxygen atoms in total. The molecule has 0 N–H and O–H groups in total. The number of methoxy groups -OCH3 is 1. The molecule has 0 amide bonds. The molecule has 1 heterocycles. The first-order valence-electron chi connectivity index (χ1n) is 8.10. The van der Waals surface area contributed by atoms with Crippen LogP contribution in [0, 0.1) is 5.82 Å². The monoisotopic (exact) mass is 403 g/mol. The average molecular weight is 403 g/mol. The van der Waals surface area contributed by atoms with Crippen LogP contribution in [0.15, 0.2) is 53.6 Å². The highest BCUT2D eigenvalue weighted by Crippen LogP contribution is 2.33. The first-order valence-corrected chi connectivity index (χ1v) is 10.00. The molecule has 0 atom stereocenters. The molecular formula is C19H16FN2O5S-. The molecule has 0 aliphatic heterocycles. The molecule has 0 unspecified atom stereocenters. The van der Waals surface area contributed by atoms with E-state index in [1.54, 1.807) is 18.2 Å². The minimum absolute atomic E-state index is 0.0740. The molecule has 146 valence electrons. The first-order chi connectivity index (χ1) is 13.2. The van der Waals surface area contributed by atoms with Gasteiger partial charge in [-0.15, -0.1) is 0 Å². The number of rotatable bonds is 6. The Morgan fingerprint density at radius 2 is 1.82 bits per heavy atom. The number of carbonyl (C=O) groups excluding carboxylic acids is 1. The van der Waals surface area contributed by atoms with Gasteiger partial charge >= 0.3 is 0 Å². The van der Waals surface area contributed by atoms with E-state index in [9.17, 15) is 22.7 Å². The molecule has 28 heavy (non-hydrogen) atoms. The van der Waals surface area contributed by atoms with Crippen molar-refractivity contribution < 1.29 is 27.4 Å². The van der Waals surface area contributed by atoms with Gasteiger partial charge in [0.05, 0.1) is 24.5 Å². The van der Waals surface area contributed by atoms with Crippen LogP contribution in [0.1, 0.15) is 0 Å². The molecule has 9 heteroatoms. The molecule has 1 aromatic heterocycles. The van der Waals surface area contributed by atoms with Crippen molar-refractivity contribution in [1.82, 2.24) is 9.78 Å². The minimum atomic E-state index is -3.36. The fourth-order valence-electron chi connectivity index (χ4n) is 2.75. The minimum Gasteiger partial charge on any atom is -0.548 e. The van der Waals surface area contributed by atoms with Gasteiger partial charge in [-0.1, -0.05) is 18.2 Å². The number of aliphatic carboxylic acids is 1. The highest BCUT2D eigenvalue weighted by Gasteiger charge is 2.16. The molecule has 0 saturated heterocycles. The molecule has 0 radical (unpaired) electrons. The highest BCUT2D eigenvalue weighted by molar-refractivity contribution is 7.90. The fraction of sp³-hybridized carbons (Fsp3) is 0.158. The van der Waals surface area contributed by atoms with Gasteiger partial charge in [0.15, 0.2) is 21.4 Å². The Morgan fingerprint density at radius 1 is 1.18 bits per heavy atom. The van der Waals surface area contributed by atoms with E-state index in [-0.39, 0.29) is 10.6 Å². The SMILES string of the molecule is COc1ccc(-c2cn(CC(=O)[O-])nc2-c2ccc(S(C)(=O)=O)cc2)cc1F. The van der Waals surface area contributed by atoms with Crippen LogP contribution >= 0.6 is 0 Å². The van der Waals surface area contributed by atoms with Crippen LogP contribution in [0.2, 0.25) is 0 Å². The summed E-state index contributed by atoms with van der Waals surface area (Å²) >= 11 is 0. The lowest BCUT2D eigenvalue weighted by Gasteiger charge is -2.06. The quantitative estimate of drug-likeness (QED) is 0.618. The smallest absolute Gasteiger partial charge is 0.175 e. The maximum absolute atomic E-state index is 14.1. The third-order valence-corrected chi connectivity index (χ3v) is 5.20. The highest BCUT2D eigenvalue weighted by atomic mass is 32.2. The van der Waals surface area contributed by atoms with Gasteiger partial charge in [0.1, 0.15) is 5.69 Å². The zero-order valence-corrected chi connectivity index (χ0v) is 15.9. The van der Waals surface area contributed by atoms with Gasteiger partial charge in [-0.2, -0.15) is 5.10 Å². The average Bonchev–Trinajstić information content (AvgIpc) is 3.04. The predicted octanol–water partition coefficient (Wildman–Crippen LogP) is 1.52. The molecule has 3 aromatic rings. The van der Waals surface area contributed by atoms with E-state index in [1.807, 2.05) is 0 Å². The summed E-state index contributed by atoms with van der Waals surface area (Å²) in [5.41, 5.74) is 1.88. The summed E-state index contributed by atoms with van der Waals surface area (Å²) in [6.07, 6.45) is 2.57. The topological polar surface area (TPSA) is 101 Å². The molecule has 0 fully saturated rings. The molecule has 3 rings (SSSR count). The number of aromatic nitrogens is 2. The van der Waals surface area contributed by atoms with Crippen LogP contribution in [-0.4, -0.2) is 37.5 Å². The Bertz CT molecular complexity index is 1140. The van der Waals surface area contributed by atoms with Gasteiger partial charge in [-0.25, -0.2) is 12.8 Å². The number of carboxylic acids is 1. The third kappa shape index (κ3) is 4.04. The lowest BCUT2D eigenvalue weighted by atomic mass is 10.0. The third-order valence-electron chi connectivity index (χ3n) is 4.07. The van der Waals surface area contributed by atoms with Crippen molar-refractivity contribution in [2.75, 3.05) is 13.4 Å². The number of carboxylic acid groups (broad SMARTS) is 1. The normalized spacial score (nSPS) is 11.4. The Labute approximate surface area is 160 Å². The molecule has 0 saturated carbocycles. The Kier molecular flexibility index (Phi) is 5.19. The second-order valence-corrected chi connectivity index (χ2v) is 8.12. The van der Waals surface area contributed by atoms with Gasteiger partial charge in [0.2, 0.25) is 0 Å². The van der Waals surface area contributed by atoms with Gasteiger partial charge < -0.3 is 14.6 Å². The van der Waals surface area contributed by atoms with Crippen molar-refractivity contribution >= 4 is 15.8 Å². The molecule has 2 aromatic carbocycles. The van der Waals surface area contributed by atoms with Crippen molar-refractivity contribution in [3.8, 4) is 28.1 Å². The van der Waals surface area contributed by atoms with Crippen LogP contribution < -0.4 is 9.84 Å². The van der Waals surface area contributed by atoms with Crippen molar-refractivity contribution in [2.45, 2.75) is 11.4 Å². The van der Waals surface area contributed by atoms with Crippen LogP contribution in [0.5, 0.6) is 5.75 Å². The zero-order valence-electron chi connectivity index (χ0n) is 15.0. The zero-order chi connectivity index (χ0) is 20.5. The molecule has 0 bridgehead atoms. The summed E-state index contributed by atoms with van der Waals surface area (Å²) in [7, 11) is -2.01. The maximum Gasteiger partial charge on any atom is 0.175 e. The van der Waals surface area contributed by atoms with Crippen LogP contribution in [-0.2, 0) is 21.2 Å². The number of halogens is 1. The largest absolute Gasteiger partial charge is 0.548 e. The van der Waals surface area contributed by atoms with Crippen molar-refractivity contribution in [1.29, 1.82) is 0 Å². The van der Waals surface area contributed by atoms with Crippen molar-refractivity contribution in [2.24, 2.45) is 0 Å². The summed E-state index contributed by atoms with van der Waals surface area (Å²) in [6.45, 7) is -0.479. The van der Waals surface area contributed by atoms with E-state index in [1.165, 1.54) is 42.3 Å². The molecule has 0 aliphatic rings. The predicted molar refractivity (Wildman–Crippen MR) is 97.7 cm³/mol. The molecule has 0 aliphatic carbocycles. The number of benzene rings is 2. The number of nitrogens with zero attached hydrogens (tertiary/aromatic N) is 2. The summed E-state index contributed by atoms with van der Waals surface area (Å²) in [5.74, 6) is -1.83. The Hall–Kier alpha value is -3.20. The van der Waals surface area contributed by atoms with Crippen LogP contribution in [0.25, 0.3) is 22.4 Å². The fourth-order valence-corrected chi connectivity index (χ4v) is 3.38. The van der Waals surface area contributed by atoms with Crippen molar-refractivity contribution in [3.63, 3.8) is 0 Å². The summed E-state index contributed by atoms with van der Waals surface area (Å²) in [5, 5.41) is 15.2. The van der Waals surface area contributed by atoms with E-state index >= 15 is 0 Å². The van der Waals surface area contributed by atoms with E-state index in [4.69, 9.17) is 4.74 Å². The van der Waals surface area contributed by atoms with Gasteiger partial charge in [-0.05, 0) is 29.8 Å². The van der Waals surface area contributed by atoms with Crippen molar-refractivity contribution in [3.05, 3.63) is 54.5 Å². The molecular weight excluding hydrogens is 387 g/mol. The number of hydrogen-bond acceptors (Lipinski definition) is 6. The molecule has 0 spiro atoms. The van der Waals surface area contributed by atoms with Gasteiger partial charge in [-0.3, -0.25) is 4.68 Å². The first kappa shape index (κ1) is 19.6. The summed E-state index contributed by atoms with van der Waals surface area (Å²) in [4.78, 5) is 11.1. The van der Waals surface area contributed by atoms with E-state index in [2.05, 4.69) is 5.10 Å². The lowest BCUT2D eigenvalue weighted by molar-refractivity contribution is -0.306. The van der Waals surface area contributed by atoms with Crippen LogP contribution in [0.4, 0.5) is 4.39 Å². The lowest BCUT2D eigenvalue weighted by Crippen LogP contribution is -2.27.